The van der Waals surface area contributed by atoms with E-state index in [1.54, 1.807) is 6.07 Å². The predicted molar refractivity (Wildman–Crippen MR) is 92.0 cm³/mol. The summed E-state index contributed by atoms with van der Waals surface area (Å²) in [5.41, 5.74) is 9.66. The van der Waals surface area contributed by atoms with Crippen LogP contribution in [0.3, 0.4) is 0 Å². The number of aromatic nitrogens is 1. The van der Waals surface area contributed by atoms with E-state index in [1.165, 1.54) is 12.1 Å². The minimum absolute atomic E-state index is 0.306. The highest BCUT2D eigenvalue weighted by Gasteiger charge is 2.24. The lowest BCUT2D eigenvalue weighted by Crippen LogP contribution is -2.13. The van der Waals surface area contributed by atoms with E-state index in [0.717, 1.165) is 54.7 Å². The summed E-state index contributed by atoms with van der Waals surface area (Å²) in [4.78, 5) is 12.1. The molecule has 23 heavy (non-hydrogen) atoms. The second-order valence-electron chi connectivity index (χ2n) is 5.91. The van der Waals surface area contributed by atoms with Crippen molar-refractivity contribution in [3.8, 4) is 11.1 Å². The van der Waals surface area contributed by atoms with Crippen molar-refractivity contribution in [2.75, 3.05) is 0 Å². The normalized spacial score (nSPS) is 11.0. The standard InChI is InChI=1S/C19H25FN2O/c1-4-6-11-22-13(3)17(19(21)23)18(16(22)8-5-2)14-9-7-10-15(20)12-14/h7,9-10,12H,4-6,8,11H2,1-3H3,(H2,21,23). The number of unbranched alkanes of at least 4 members (excludes halogenated alkanes) is 1. The Balaban J connectivity index is 2.73. The van der Waals surface area contributed by atoms with Gasteiger partial charge in [-0.15, -0.1) is 0 Å². The van der Waals surface area contributed by atoms with E-state index in [9.17, 15) is 9.18 Å². The molecule has 4 heteroatoms. The van der Waals surface area contributed by atoms with Gasteiger partial charge < -0.3 is 10.3 Å². The molecule has 3 nitrogen and oxygen atoms in total. The smallest absolute Gasteiger partial charge is 0.251 e. The van der Waals surface area contributed by atoms with Gasteiger partial charge in [-0.1, -0.05) is 38.8 Å². The number of primary amides is 1. The van der Waals surface area contributed by atoms with Gasteiger partial charge in [-0.05, 0) is 37.5 Å². The Morgan fingerprint density at radius 2 is 2.00 bits per heavy atom. The first kappa shape index (κ1) is 17.3. The molecule has 2 aromatic rings. The second kappa shape index (κ2) is 7.44. The van der Waals surface area contributed by atoms with Crippen molar-refractivity contribution >= 4 is 5.91 Å². The number of nitrogens with zero attached hydrogens (tertiary/aromatic N) is 1. The molecule has 0 atom stereocenters. The van der Waals surface area contributed by atoms with E-state index in [4.69, 9.17) is 5.73 Å². The number of nitrogens with two attached hydrogens (primary N) is 1. The minimum Gasteiger partial charge on any atom is -0.366 e. The van der Waals surface area contributed by atoms with Crippen LogP contribution in [0.5, 0.6) is 0 Å². The van der Waals surface area contributed by atoms with Crippen molar-refractivity contribution in [2.24, 2.45) is 5.73 Å². The van der Waals surface area contributed by atoms with Crippen LogP contribution in [-0.4, -0.2) is 10.5 Å². The summed E-state index contributed by atoms with van der Waals surface area (Å²) < 4.78 is 15.9. The van der Waals surface area contributed by atoms with Crippen molar-refractivity contribution in [1.29, 1.82) is 0 Å². The van der Waals surface area contributed by atoms with Crippen molar-refractivity contribution in [1.82, 2.24) is 4.57 Å². The quantitative estimate of drug-likeness (QED) is 0.806. The Morgan fingerprint density at radius 3 is 2.57 bits per heavy atom. The topological polar surface area (TPSA) is 48.0 Å². The van der Waals surface area contributed by atoms with Crippen LogP contribution in [0.2, 0.25) is 0 Å². The molecule has 2 rings (SSSR count). The Kier molecular flexibility index (Phi) is 5.59. The summed E-state index contributed by atoms with van der Waals surface area (Å²) in [5.74, 6) is -0.756. The number of hydrogen-bond acceptors (Lipinski definition) is 1. The average Bonchev–Trinajstić information content (AvgIpc) is 2.78. The van der Waals surface area contributed by atoms with Crippen LogP contribution in [0.25, 0.3) is 11.1 Å². The van der Waals surface area contributed by atoms with Gasteiger partial charge in [-0.25, -0.2) is 4.39 Å². The molecule has 1 aromatic carbocycles. The van der Waals surface area contributed by atoms with Crippen LogP contribution >= 0.6 is 0 Å². The van der Waals surface area contributed by atoms with Gasteiger partial charge in [0.2, 0.25) is 0 Å². The zero-order valence-corrected chi connectivity index (χ0v) is 14.2. The maximum absolute atomic E-state index is 13.7. The summed E-state index contributed by atoms with van der Waals surface area (Å²) in [7, 11) is 0. The summed E-state index contributed by atoms with van der Waals surface area (Å²) in [5, 5.41) is 0. The van der Waals surface area contributed by atoms with Gasteiger partial charge in [-0.2, -0.15) is 0 Å². The fraction of sp³-hybridized carbons (Fsp3) is 0.421. The van der Waals surface area contributed by atoms with Crippen LogP contribution in [-0.2, 0) is 13.0 Å². The molecular weight excluding hydrogens is 291 g/mol. The SMILES string of the molecule is CCCCn1c(C)c(C(N)=O)c(-c2cccc(F)c2)c1CCC. The summed E-state index contributed by atoms with van der Waals surface area (Å²) >= 11 is 0. The lowest BCUT2D eigenvalue weighted by atomic mass is 9.98. The van der Waals surface area contributed by atoms with Crippen LogP contribution in [0, 0.1) is 12.7 Å². The lowest BCUT2D eigenvalue weighted by molar-refractivity contribution is 0.1000. The first-order chi connectivity index (χ1) is 11.0. The van der Waals surface area contributed by atoms with Gasteiger partial charge in [0.25, 0.3) is 5.91 Å². The molecule has 0 aliphatic heterocycles. The van der Waals surface area contributed by atoms with Crippen molar-refractivity contribution < 1.29 is 9.18 Å². The maximum Gasteiger partial charge on any atom is 0.251 e. The van der Waals surface area contributed by atoms with Gasteiger partial charge in [-0.3, -0.25) is 4.79 Å². The van der Waals surface area contributed by atoms with Crippen LogP contribution in [0.1, 0.15) is 54.9 Å². The molecule has 0 aliphatic carbocycles. The molecule has 0 unspecified atom stereocenters. The number of hydrogen-bond donors (Lipinski definition) is 1. The van der Waals surface area contributed by atoms with E-state index in [0.29, 0.717) is 5.56 Å². The number of rotatable bonds is 7. The monoisotopic (exact) mass is 316 g/mol. The number of benzene rings is 1. The summed E-state index contributed by atoms with van der Waals surface area (Å²) in [6.45, 7) is 7.03. The molecule has 0 fully saturated rings. The number of carbonyl (C=O) groups is 1. The number of carbonyl (C=O) groups excluding carboxylic acids is 1. The fourth-order valence-electron chi connectivity index (χ4n) is 3.17. The molecular formula is C19H25FN2O. The molecule has 0 radical (unpaired) electrons. The third-order valence-corrected chi connectivity index (χ3v) is 4.21. The molecule has 124 valence electrons. The number of amides is 1. The first-order valence-corrected chi connectivity index (χ1v) is 8.28. The summed E-state index contributed by atoms with van der Waals surface area (Å²) in [6.07, 6.45) is 3.90. The van der Waals surface area contributed by atoms with E-state index in [2.05, 4.69) is 18.4 Å². The fourth-order valence-corrected chi connectivity index (χ4v) is 3.17. The second-order valence-corrected chi connectivity index (χ2v) is 5.91. The highest BCUT2D eigenvalue weighted by Crippen LogP contribution is 2.34. The number of halogens is 1. The van der Waals surface area contributed by atoms with E-state index in [1.807, 2.05) is 13.0 Å². The predicted octanol–water partition coefficient (Wildman–Crippen LogP) is 4.45. The van der Waals surface area contributed by atoms with E-state index >= 15 is 0 Å². The highest BCUT2D eigenvalue weighted by molar-refractivity contribution is 6.02. The van der Waals surface area contributed by atoms with Gasteiger partial charge >= 0.3 is 0 Å². The molecule has 1 aromatic heterocycles. The molecule has 0 aliphatic rings. The molecule has 0 saturated carbocycles. The molecule has 0 spiro atoms. The van der Waals surface area contributed by atoms with E-state index in [-0.39, 0.29) is 5.82 Å². The largest absolute Gasteiger partial charge is 0.366 e. The maximum atomic E-state index is 13.7. The zero-order chi connectivity index (χ0) is 17.0. The summed E-state index contributed by atoms with van der Waals surface area (Å²) in [6, 6.07) is 6.40. The molecule has 1 amide bonds. The zero-order valence-electron chi connectivity index (χ0n) is 14.2. The van der Waals surface area contributed by atoms with E-state index < -0.39 is 5.91 Å². The molecule has 2 N–H and O–H groups in total. The van der Waals surface area contributed by atoms with Crippen LogP contribution < -0.4 is 5.73 Å². The Morgan fingerprint density at radius 1 is 1.26 bits per heavy atom. The highest BCUT2D eigenvalue weighted by atomic mass is 19.1. The third-order valence-electron chi connectivity index (χ3n) is 4.21. The minimum atomic E-state index is -0.450. The molecule has 0 bridgehead atoms. The van der Waals surface area contributed by atoms with Gasteiger partial charge in [0.15, 0.2) is 0 Å². The van der Waals surface area contributed by atoms with Crippen molar-refractivity contribution in [2.45, 2.75) is 53.0 Å². The first-order valence-electron chi connectivity index (χ1n) is 8.28. The van der Waals surface area contributed by atoms with Crippen molar-refractivity contribution in [3.05, 3.63) is 47.0 Å². The Labute approximate surface area is 137 Å². The van der Waals surface area contributed by atoms with Crippen LogP contribution in [0.15, 0.2) is 24.3 Å². The van der Waals surface area contributed by atoms with Gasteiger partial charge in [0, 0.05) is 23.5 Å². The van der Waals surface area contributed by atoms with Gasteiger partial charge in [0.05, 0.1) is 5.56 Å². The van der Waals surface area contributed by atoms with Gasteiger partial charge in [0.1, 0.15) is 5.82 Å². The Hall–Kier alpha value is -2.10. The van der Waals surface area contributed by atoms with Crippen LogP contribution in [0.4, 0.5) is 4.39 Å². The molecule has 0 saturated heterocycles. The lowest BCUT2D eigenvalue weighted by Gasteiger charge is -2.12. The third kappa shape index (κ3) is 3.46. The Bertz CT molecular complexity index is 704. The van der Waals surface area contributed by atoms with Crippen molar-refractivity contribution in [3.63, 3.8) is 0 Å². The molecule has 1 heterocycles. The average molecular weight is 316 g/mol.